The fraction of sp³-hybridized carbons (Fsp3) is 0.0769. The van der Waals surface area contributed by atoms with E-state index in [0.717, 1.165) is 89.7 Å². The van der Waals surface area contributed by atoms with Gasteiger partial charge in [0.15, 0.2) is 0 Å². The predicted molar refractivity (Wildman–Crippen MR) is 269 cm³/mol. The van der Waals surface area contributed by atoms with Gasteiger partial charge in [0.1, 0.15) is 23.3 Å². The maximum absolute atomic E-state index is 10.8. The third-order valence-electron chi connectivity index (χ3n) is 11.7. The minimum absolute atomic E-state index is 0. The van der Waals surface area contributed by atoms with Crippen molar-refractivity contribution < 1.29 is 50.6 Å². The lowest BCUT2D eigenvalue weighted by Gasteiger charge is -2.06. The van der Waals surface area contributed by atoms with Gasteiger partial charge in [-0.05, 0) is 72.8 Å². The standard InChI is InChI=1S/2C21H17N5.C10H6O8.2H2O/c2*1-25-18-9-5-3-7-16(18)23-20(25)14-11-15(13-22-12-14)21-24-17-8-4-6-10-19(17)26(21)2;11-7(12)3-1-4(8(13)14)6(10(17)18)2-5(3)9(15)16;;/h2*3-13H,1-2H3;1-2H,(H,11,12)(H,13,14)(H,15,16)(H,17,18);2*1H2. The molecular weight excluding hydrogens is 925 g/mol. The molecule has 0 spiro atoms. The average molecular weight is 969 g/mol. The Kier molecular flexibility index (Phi) is 14.1. The second-order valence-corrected chi connectivity index (χ2v) is 16.0. The van der Waals surface area contributed by atoms with Crippen molar-refractivity contribution in [3.8, 4) is 45.6 Å². The van der Waals surface area contributed by atoms with E-state index in [4.69, 9.17) is 40.4 Å². The summed E-state index contributed by atoms with van der Waals surface area (Å²) < 4.78 is 8.41. The van der Waals surface area contributed by atoms with Crippen LogP contribution in [0.15, 0.2) is 146 Å². The van der Waals surface area contributed by atoms with Gasteiger partial charge < -0.3 is 49.6 Å². The number of benzene rings is 5. The molecule has 0 bridgehead atoms. The summed E-state index contributed by atoms with van der Waals surface area (Å²) in [5, 5.41) is 35.0. The van der Waals surface area contributed by atoms with Gasteiger partial charge in [-0.2, -0.15) is 0 Å². The number of fused-ring (bicyclic) bond motifs is 4. The molecule has 6 heterocycles. The molecule has 0 saturated carbocycles. The Morgan fingerprint density at radius 2 is 0.556 bits per heavy atom. The minimum Gasteiger partial charge on any atom is -0.478 e. The van der Waals surface area contributed by atoms with E-state index in [2.05, 4.69) is 64.6 Å². The Morgan fingerprint density at radius 1 is 0.347 bits per heavy atom. The van der Waals surface area contributed by atoms with Crippen LogP contribution in [0.5, 0.6) is 0 Å². The zero-order chi connectivity index (χ0) is 49.4. The molecule has 11 aromatic rings. The molecule has 6 aromatic heterocycles. The average Bonchev–Trinajstić information content (AvgIpc) is 4.11. The Hall–Kier alpha value is -9.92. The van der Waals surface area contributed by atoms with Gasteiger partial charge in [-0.15, -0.1) is 0 Å². The highest BCUT2D eigenvalue weighted by molar-refractivity contribution is 6.09. The summed E-state index contributed by atoms with van der Waals surface area (Å²) in [7, 11) is 8.14. The van der Waals surface area contributed by atoms with Crippen molar-refractivity contribution in [1.82, 2.24) is 48.2 Å². The highest BCUT2D eigenvalue weighted by atomic mass is 16.4. The molecule has 20 nitrogen and oxygen atoms in total. The van der Waals surface area contributed by atoms with Gasteiger partial charge in [-0.25, -0.2) is 39.1 Å². The van der Waals surface area contributed by atoms with Gasteiger partial charge in [0, 0.05) is 75.2 Å². The topological polar surface area (TPSA) is 309 Å². The number of carboxylic acids is 4. The number of imidazole rings is 4. The highest BCUT2D eigenvalue weighted by Crippen LogP contribution is 2.30. The van der Waals surface area contributed by atoms with Crippen molar-refractivity contribution >= 4 is 68.0 Å². The lowest BCUT2D eigenvalue weighted by molar-refractivity contribution is 0.0637. The van der Waals surface area contributed by atoms with E-state index in [1.165, 1.54) is 0 Å². The van der Waals surface area contributed by atoms with Crippen LogP contribution in [-0.4, -0.2) is 103 Å². The Bertz CT molecular complexity index is 3400. The summed E-state index contributed by atoms with van der Waals surface area (Å²) in [5.74, 6) is -3.03. The van der Waals surface area contributed by atoms with Crippen LogP contribution in [0, 0.1) is 0 Å². The van der Waals surface area contributed by atoms with Gasteiger partial charge >= 0.3 is 23.9 Å². The highest BCUT2D eigenvalue weighted by Gasteiger charge is 2.25. The van der Waals surface area contributed by atoms with Crippen LogP contribution >= 0.6 is 0 Å². The van der Waals surface area contributed by atoms with Crippen molar-refractivity contribution in [3.05, 3.63) is 168 Å². The van der Waals surface area contributed by atoms with Crippen LogP contribution < -0.4 is 0 Å². The number of carbonyl (C=O) groups is 4. The van der Waals surface area contributed by atoms with Gasteiger partial charge in [-0.1, -0.05) is 48.5 Å². The molecule has 0 amide bonds. The van der Waals surface area contributed by atoms with E-state index >= 15 is 0 Å². The maximum atomic E-state index is 10.8. The molecule has 5 aromatic carbocycles. The number of rotatable bonds is 8. The minimum atomic E-state index is -1.66. The monoisotopic (exact) mass is 968 g/mol. The van der Waals surface area contributed by atoms with Crippen molar-refractivity contribution in [1.29, 1.82) is 0 Å². The molecule has 0 fully saturated rings. The molecule has 0 aliphatic rings. The molecule has 0 unspecified atom stereocenters. The van der Waals surface area contributed by atoms with E-state index in [1.54, 1.807) is 0 Å². The molecule has 0 saturated heterocycles. The van der Waals surface area contributed by atoms with Crippen LogP contribution in [0.2, 0.25) is 0 Å². The van der Waals surface area contributed by atoms with E-state index in [0.29, 0.717) is 12.1 Å². The van der Waals surface area contributed by atoms with Crippen LogP contribution in [-0.2, 0) is 28.2 Å². The quantitative estimate of drug-likeness (QED) is 0.117. The number of nitrogens with zero attached hydrogens (tertiary/aromatic N) is 10. The number of hydrogen-bond donors (Lipinski definition) is 4. The van der Waals surface area contributed by atoms with Crippen molar-refractivity contribution in [2.24, 2.45) is 28.2 Å². The van der Waals surface area contributed by atoms with Crippen LogP contribution in [0.3, 0.4) is 0 Å². The molecule has 72 heavy (non-hydrogen) atoms. The first-order valence-corrected chi connectivity index (χ1v) is 21.4. The number of pyridine rings is 2. The van der Waals surface area contributed by atoms with Crippen LogP contribution in [0.1, 0.15) is 41.4 Å². The third kappa shape index (κ3) is 9.31. The summed E-state index contributed by atoms with van der Waals surface area (Å²) in [6.45, 7) is 0. The number of para-hydroxylation sites is 8. The summed E-state index contributed by atoms with van der Waals surface area (Å²) in [6, 6.07) is 37.8. The van der Waals surface area contributed by atoms with Crippen molar-refractivity contribution in [3.63, 3.8) is 0 Å². The number of aryl methyl sites for hydroxylation is 4. The molecule has 0 aliphatic carbocycles. The SMILES string of the molecule is Cn1c(-c2cncc(-c3nc4ccccc4n3C)c2)nc2ccccc21.Cn1c(-c2cncc(-c3nc4ccccc4n3C)c2)nc2ccccc21.O.O.O=C(O)c1cc(C(=O)O)c(C(=O)O)cc1C(=O)O. The van der Waals surface area contributed by atoms with Crippen molar-refractivity contribution in [2.45, 2.75) is 0 Å². The molecule has 0 aliphatic heterocycles. The zero-order valence-electron chi connectivity index (χ0n) is 38.8. The van der Waals surface area contributed by atoms with E-state index in [1.807, 2.05) is 126 Å². The van der Waals surface area contributed by atoms with E-state index in [9.17, 15) is 19.2 Å². The summed E-state index contributed by atoms with van der Waals surface area (Å²) >= 11 is 0. The largest absolute Gasteiger partial charge is 0.478 e. The van der Waals surface area contributed by atoms with E-state index < -0.39 is 46.1 Å². The normalized spacial score (nSPS) is 10.7. The molecule has 20 heteroatoms. The summed E-state index contributed by atoms with van der Waals surface area (Å²) in [6.07, 6.45) is 7.42. The smallest absolute Gasteiger partial charge is 0.336 e. The first kappa shape index (κ1) is 50.0. The van der Waals surface area contributed by atoms with Gasteiger partial charge in [0.2, 0.25) is 0 Å². The third-order valence-corrected chi connectivity index (χ3v) is 11.7. The molecular formula is C52H44N10O10. The second kappa shape index (κ2) is 20.4. The fourth-order valence-corrected chi connectivity index (χ4v) is 8.29. The molecule has 362 valence electrons. The second-order valence-electron chi connectivity index (χ2n) is 16.0. The summed E-state index contributed by atoms with van der Waals surface area (Å²) in [5.41, 5.74) is 9.14. The number of carboxylic acid groups (broad SMARTS) is 4. The number of aromatic nitrogens is 10. The van der Waals surface area contributed by atoms with Gasteiger partial charge in [0.05, 0.1) is 66.4 Å². The van der Waals surface area contributed by atoms with Crippen LogP contribution in [0.4, 0.5) is 0 Å². The predicted octanol–water partition coefficient (Wildman–Crippen LogP) is 7.21. The van der Waals surface area contributed by atoms with Crippen molar-refractivity contribution in [2.75, 3.05) is 0 Å². The lowest BCUT2D eigenvalue weighted by Crippen LogP contribution is -2.15. The Balaban J connectivity index is 0.000000160. The lowest BCUT2D eigenvalue weighted by atomic mass is 9.98. The number of aromatic carboxylic acids is 4. The van der Waals surface area contributed by atoms with E-state index in [-0.39, 0.29) is 11.0 Å². The summed E-state index contributed by atoms with van der Waals surface area (Å²) in [4.78, 5) is 71.1. The maximum Gasteiger partial charge on any atom is 0.336 e. The molecule has 0 atom stereocenters. The fourth-order valence-electron chi connectivity index (χ4n) is 8.29. The zero-order valence-corrected chi connectivity index (χ0v) is 38.8. The first-order valence-electron chi connectivity index (χ1n) is 21.4. The van der Waals surface area contributed by atoms with Gasteiger partial charge in [0.25, 0.3) is 0 Å². The molecule has 8 N–H and O–H groups in total. The van der Waals surface area contributed by atoms with Gasteiger partial charge in [-0.3, -0.25) is 9.97 Å². The molecule has 0 radical (unpaired) electrons. The first-order chi connectivity index (χ1) is 33.7. The number of hydrogen-bond acceptors (Lipinski definition) is 10. The molecule has 11 rings (SSSR count). The Morgan fingerprint density at radius 3 is 0.750 bits per heavy atom. The van der Waals surface area contributed by atoms with Crippen LogP contribution in [0.25, 0.3) is 89.7 Å². The Labute approximate surface area is 407 Å².